The number of hydrogen-bond acceptors (Lipinski definition) is 6. The average molecular weight is 308 g/mol. The second kappa shape index (κ2) is 7.19. The highest BCUT2D eigenvalue weighted by Crippen LogP contribution is 2.29. The van der Waals surface area contributed by atoms with Crippen molar-refractivity contribution in [1.82, 2.24) is 9.80 Å². The molecule has 0 aliphatic carbocycles. The van der Waals surface area contributed by atoms with Crippen LogP contribution in [0.15, 0.2) is 18.2 Å². The number of nitrogens with zero attached hydrogens (tertiary/aromatic N) is 3. The van der Waals surface area contributed by atoms with E-state index in [1.165, 1.54) is 25.3 Å². The Morgan fingerprint density at radius 1 is 1.36 bits per heavy atom. The Balaban J connectivity index is 1.95. The van der Waals surface area contributed by atoms with Crippen molar-refractivity contribution in [3.63, 3.8) is 0 Å². The lowest BCUT2D eigenvalue weighted by Crippen LogP contribution is -2.47. The molecule has 22 heavy (non-hydrogen) atoms. The zero-order valence-corrected chi connectivity index (χ0v) is 12.7. The number of methoxy groups -OCH3 is 1. The van der Waals surface area contributed by atoms with Crippen LogP contribution >= 0.6 is 0 Å². The van der Waals surface area contributed by atoms with Crippen molar-refractivity contribution >= 4 is 17.3 Å². The molecule has 1 amide bonds. The topological polar surface area (TPSA) is 88.0 Å². The van der Waals surface area contributed by atoms with Crippen molar-refractivity contribution in [2.75, 3.05) is 52.2 Å². The van der Waals surface area contributed by atoms with Crippen molar-refractivity contribution in [3.8, 4) is 5.75 Å². The van der Waals surface area contributed by atoms with Crippen LogP contribution in [0.4, 0.5) is 11.4 Å². The van der Waals surface area contributed by atoms with Gasteiger partial charge in [0, 0.05) is 44.0 Å². The lowest BCUT2D eigenvalue weighted by atomic mass is 10.2. The molecule has 1 saturated heterocycles. The molecular formula is C14H20N4O4. The maximum absolute atomic E-state index is 12.0. The van der Waals surface area contributed by atoms with Gasteiger partial charge in [-0.25, -0.2) is 0 Å². The molecule has 1 heterocycles. The van der Waals surface area contributed by atoms with Crippen LogP contribution in [0.1, 0.15) is 0 Å². The third-order valence-corrected chi connectivity index (χ3v) is 3.62. The Morgan fingerprint density at radius 3 is 2.64 bits per heavy atom. The highest BCUT2D eigenvalue weighted by Gasteiger charge is 2.18. The molecule has 8 heteroatoms. The quantitative estimate of drug-likeness (QED) is 0.639. The molecule has 0 radical (unpaired) electrons. The first-order valence-electron chi connectivity index (χ1n) is 7.03. The Hall–Kier alpha value is -2.19. The minimum atomic E-state index is -0.519. The van der Waals surface area contributed by atoms with E-state index in [1.54, 1.807) is 0 Å². The first-order valence-corrected chi connectivity index (χ1v) is 7.03. The van der Waals surface area contributed by atoms with E-state index in [0.717, 1.165) is 26.2 Å². The summed E-state index contributed by atoms with van der Waals surface area (Å²) in [6, 6.07) is 4.28. The molecule has 0 unspecified atom stereocenters. The molecular weight excluding hydrogens is 288 g/mol. The molecule has 0 aromatic heterocycles. The van der Waals surface area contributed by atoms with Gasteiger partial charge >= 0.3 is 5.69 Å². The Bertz CT molecular complexity index is 556. The van der Waals surface area contributed by atoms with Crippen LogP contribution in [0.5, 0.6) is 5.75 Å². The Morgan fingerprint density at radius 2 is 2.05 bits per heavy atom. The minimum absolute atomic E-state index is 0.125. The third-order valence-electron chi connectivity index (χ3n) is 3.62. The summed E-state index contributed by atoms with van der Waals surface area (Å²) >= 11 is 0. The molecule has 8 nitrogen and oxygen atoms in total. The molecule has 0 spiro atoms. The van der Waals surface area contributed by atoms with Gasteiger partial charge in [0.2, 0.25) is 5.91 Å². The number of rotatable bonds is 5. The van der Waals surface area contributed by atoms with Gasteiger partial charge in [0.15, 0.2) is 5.75 Å². The van der Waals surface area contributed by atoms with E-state index in [-0.39, 0.29) is 17.3 Å². The Kier molecular flexibility index (Phi) is 5.29. The normalized spacial score (nSPS) is 16.3. The largest absolute Gasteiger partial charge is 0.490 e. The maximum Gasteiger partial charge on any atom is 0.311 e. The molecule has 1 N–H and O–H groups in total. The standard InChI is InChI=1S/C14H20N4O4/c1-16-5-7-17(8-6-16)10-14(19)15-11-3-4-12(18(20)21)13(9-11)22-2/h3-4,9H,5-8,10H2,1-2H3,(H,15,19). The number of benzene rings is 1. The van der Waals surface area contributed by atoms with Gasteiger partial charge in [-0.05, 0) is 13.1 Å². The number of anilines is 1. The number of ether oxygens (including phenoxy) is 1. The zero-order valence-electron chi connectivity index (χ0n) is 12.7. The second-order valence-electron chi connectivity index (χ2n) is 5.27. The number of piperazine rings is 1. The summed E-state index contributed by atoms with van der Waals surface area (Å²) in [5.74, 6) is -0.0112. The van der Waals surface area contributed by atoms with Crippen LogP contribution in [-0.2, 0) is 4.79 Å². The van der Waals surface area contributed by atoms with Crippen LogP contribution < -0.4 is 10.1 Å². The molecule has 0 bridgehead atoms. The summed E-state index contributed by atoms with van der Waals surface area (Å²) in [4.78, 5) is 26.7. The van der Waals surface area contributed by atoms with Crippen LogP contribution in [0.25, 0.3) is 0 Å². The molecule has 1 fully saturated rings. The average Bonchev–Trinajstić information content (AvgIpc) is 2.49. The molecule has 1 aromatic carbocycles. The van der Waals surface area contributed by atoms with E-state index >= 15 is 0 Å². The summed E-state index contributed by atoms with van der Waals surface area (Å²) < 4.78 is 4.98. The lowest BCUT2D eigenvalue weighted by molar-refractivity contribution is -0.385. The number of nitro groups is 1. The highest BCUT2D eigenvalue weighted by atomic mass is 16.6. The van der Waals surface area contributed by atoms with Gasteiger partial charge in [0.25, 0.3) is 0 Å². The van der Waals surface area contributed by atoms with Crippen LogP contribution in [0.2, 0.25) is 0 Å². The van der Waals surface area contributed by atoms with E-state index in [2.05, 4.69) is 22.2 Å². The molecule has 0 atom stereocenters. The number of amides is 1. The van der Waals surface area contributed by atoms with E-state index in [9.17, 15) is 14.9 Å². The van der Waals surface area contributed by atoms with E-state index < -0.39 is 4.92 Å². The monoisotopic (exact) mass is 308 g/mol. The summed E-state index contributed by atoms with van der Waals surface area (Å²) in [6.45, 7) is 3.91. The SMILES string of the molecule is COc1cc(NC(=O)CN2CCN(C)CC2)ccc1[N+](=O)[O-]. The minimum Gasteiger partial charge on any atom is -0.490 e. The predicted octanol–water partition coefficient (Wildman–Crippen LogP) is 0.789. The van der Waals surface area contributed by atoms with Crippen molar-refractivity contribution in [2.45, 2.75) is 0 Å². The number of nitro benzene ring substituents is 1. The van der Waals surface area contributed by atoms with E-state index in [0.29, 0.717) is 12.2 Å². The third kappa shape index (κ3) is 4.15. The van der Waals surface area contributed by atoms with Crippen molar-refractivity contribution < 1.29 is 14.5 Å². The van der Waals surface area contributed by atoms with Crippen molar-refractivity contribution in [2.24, 2.45) is 0 Å². The molecule has 1 aliphatic rings. The molecule has 0 saturated carbocycles. The number of hydrogen-bond donors (Lipinski definition) is 1. The van der Waals surface area contributed by atoms with Crippen LogP contribution in [0, 0.1) is 10.1 Å². The predicted molar refractivity (Wildman–Crippen MR) is 82.2 cm³/mol. The fraction of sp³-hybridized carbons (Fsp3) is 0.500. The number of nitrogens with one attached hydrogen (secondary N) is 1. The van der Waals surface area contributed by atoms with Crippen molar-refractivity contribution in [1.29, 1.82) is 0 Å². The summed E-state index contributed by atoms with van der Waals surface area (Å²) in [5, 5.41) is 13.6. The summed E-state index contributed by atoms with van der Waals surface area (Å²) in [5.41, 5.74) is 0.362. The lowest BCUT2D eigenvalue weighted by Gasteiger charge is -2.31. The first-order chi connectivity index (χ1) is 10.5. The van der Waals surface area contributed by atoms with Gasteiger partial charge in [-0.15, -0.1) is 0 Å². The maximum atomic E-state index is 12.0. The summed E-state index contributed by atoms with van der Waals surface area (Å²) in [7, 11) is 3.42. The second-order valence-corrected chi connectivity index (χ2v) is 5.27. The molecule has 2 rings (SSSR count). The van der Waals surface area contributed by atoms with Gasteiger partial charge in [-0.2, -0.15) is 0 Å². The van der Waals surface area contributed by atoms with E-state index in [1.807, 2.05) is 0 Å². The van der Waals surface area contributed by atoms with Gasteiger partial charge in [0.05, 0.1) is 18.6 Å². The number of likely N-dealkylation sites (N-methyl/N-ethyl adjacent to an activating group) is 1. The van der Waals surface area contributed by atoms with Crippen molar-refractivity contribution in [3.05, 3.63) is 28.3 Å². The van der Waals surface area contributed by atoms with Gasteiger partial charge in [0.1, 0.15) is 0 Å². The van der Waals surface area contributed by atoms with Gasteiger partial charge in [-0.3, -0.25) is 19.8 Å². The Labute approximate surface area is 128 Å². The first kappa shape index (κ1) is 16.2. The van der Waals surface area contributed by atoms with Gasteiger partial charge < -0.3 is 15.0 Å². The highest BCUT2D eigenvalue weighted by molar-refractivity contribution is 5.92. The zero-order chi connectivity index (χ0) is 16.1. The van der Waals surface area contributed by atoms with Crippen LogP contribution in [0.3, 0.4) is 0 Å². The van der Waals surface area contributed by atoms with Gasteiger partial charge in [-0.1, -0.05) is 0 Å². The molecule has 1 aliphatic heterocycles. The van der Waals surface area contributed by atoms with Crippen LogP contribution in [-0.4, -0.2) is 67.5 Å². The number of carbonyl (C=O) groups is 1. The fourth-order valence-electron chi connectivity index (χ4n) is 2.32. The fourth-order valence-corrected chi connectivity index (χ4v) is 2.32. The number of carbonyl (C=O) groups excluding carboxylic acids is 1. The van der Waals surface area contributed by atoms with E-state index in [4.69, 9.17) is 4.74 Å². The molecule has 1 aromatic rings. The molecule has 120 valence electrons. The smallest absolute Gasteiger partial charge is 0.311 e. The summed E-state index contributed by atoms with van der Waals surface area (Å²) in [6.07, 6.45) is 0.